The first-order valence-corrected chi connectivity index (χ1v) is 3.38. The van der Waals surface area contributed by atoms with Gasteiger partial charge in [-0.15, -0.1) is 0 Å². The largest absolute Gasteiger partial charge is 1.00 e. The van der Waals surface area contributed by atoms with E-state index in [2.05, 4.69) is 0 Å². The predicted octanol–water partition coefficient (Wildman–Crippen LogP) is -14.5. The van der Waals surface area contributed by atoms with Gasteiger partial charge in [0.25, 0.3) is 0 Å². The van der Waals surface area contributed by atoms with Gasteiger partial charge in [0, 0.05) is 12.4 Å². The Morgan fingerprint density at radius 3 is 1.53 bits per heavy atom. The molecule has 0 spiro atoms. The van der Waals surface area contributed by atoms with E-state index in [4.69, 9.17) is 27.2 Å². The maximum Gasteiger partial charge on any atom is 1.00 e. The Labute approximate surface area is 181 Å². The van der Waals surface area contributed by atoms with Crippen molar-refractivity contribution in [1.82, 2.24) is 0 Å². The number of hydrogen-bond acceptors (Lipinski definition) is 6. The molecule has 0 aromatic heterocycles. The summed E-state index contributed by atoms with van der Waals surface area (Å²) in [6.45, 7) is 4.75. The fraction of sp³-hybridized carbons (Fsp3) is 0.429. The molecule has 0 aliphatic carbocycles. The summed E-state index contributed by atoms with van der Waals surface area (Å²) in [7, 11) is 0. The quantitative estimate of drug-likeness (QED) is 0.332. The number of rotatable bonds is 5. The average molecular weight is 322 g/mol. The third kappa shape index (κ3) is 19.1. The molecule has 0 aliphatic rings. The van der Waals surface area contributed by atoms with Gasteiger partial charge in [-0.1, -0.05) is 0 Å². The number of nitrogens with zero attached hydrogens (tertiary/aromatic N) is 1. The van der Waals surface area contributed by atoms with Crippen molar-refractivity contribution >= 4 is 17.9 Å². The zero-order valence-electron chi connectivity index (χ0n) is 10.7. The van der Waals surface area contributed by atoms with Crippen molar-refractivity contribution in [3.63, 3.8) is 0 Å². The van der Waals surface area contributed by atoms with Crippen LogP contribution in [0.15, 0.2) is 0 Å². The van der Waals surface area contributed by atoms with Crippen LogP contribution in [0.4, 0.5) is 0 Å². The summed E-state index contributed by atoms with van der Waals surface area (Å²) in [5, 5.41) is 41.8. The van der Waals surface area contributed by atoms with E-state index in [1.54, 1.807) is 0 Å². The molecule has 0 heterocycles. The SMILES string of the molecule is O=C([O-])CC(O)(CC(=O)O)C(=O)O.[C-]#N.[Cl-].[Na+].[Na+].[Na+]. The van der Waals surface area contributed by atoms with E-state index in [-0.39, 0.29) is 101 Å². The minimum absolute atomic E-state index is 0. The van der Waals surface area contributed by atoms with Crippen LogP contribution in [0.2, 0.25) is 0 Å². The molecule has 0 aliphatic heterocycles. The van der Waals surface area contributed by atoms with Gasteiger partial charge in [0.15, 0.2) is 5.60 Å². The van der Waals surface area contributed by atoms with Crippen molar-refractivity contribution in [2.24, 2.45) is 0 Å². The van der Waals surface area contributed by atoms with Crippen molar-refractivity contribution in [2.45, 2.75) is 18.4 Å². The molecule has 0 saturated heterocycles. The van der Waals surface area contributed by atoms with Crippen LogP contribution in [-0.4, -0.2) is 38.8 Å². The number of halogens is 1. The average Bonchev–Trinajstić information content (AvgIpc) is 2.04. The first-order valence-electron chi connectivity index (χ1n) is 3.38. The van der Waals surface area contributed by atoms with Crippen LogP contribution in [0, 0.1) is 11.8 Å². The fourth-order valence-corrected chi connectivity index (χ4v) is 0.703. The summed E-state index contributed by atoms with van der Waals surface area (Å²) < 4.78 is 0. The molecule has 1 unspecified atom stereocenters. The van der Waals surface area contributed by atoms with Crippen molar-refractivity contribution in [3.05, 3.63) is 6.57 Å². The van der Waals surface area contributed by atoms with Gasteiger partial charge in [0.1, 0.15) is 0 Å². The molecule has 0 fully saturated rings. The first kappa shape index (κ1) is 36.9. The second-order valence-corrected chi connectivity index (χ2v) is 2.46. The molecule has 0 aromatic carbocycles. The Hall–Kier alpha value is 1.15. The second kappa shape index (κ2) is 19.1. The number of carboxylic acid groups (broad SMARTS) is 3. The molecule has 0 saturated carbocycles. The number of carbonyl (C=O) groups is 3. The monoisotopic (exact) mass is 321 g/mol. The molecule has 0 bridgehead atoms. The Bertz CT molecular complexity index is 284. The van der Waals surface area contributed by atoms with Crippen LogP contribution in [0.1, 0.15) is 12.8 Å². The Kier molecular flexibility index (Phi) is 37.2. The van der Waals surface area contributed by atoms with Crippen molar-refractivity contribution in [2.75, 3.05) is 0 Å². The summed E-state index contributed by atoms with van der Waals surface area (Å²) in [6.07, 6.45) is -2.44. The summed E-state index contributed by atoms with van der Waals surface area (Å²) in [5.41, 5.74) is -2.80. The number of aliphatic carboxylic acids is 3. The molecule has 0 rings (SSSR count). The van der Waals surface area contributed by atoms with E-state index in [1.165, 1.54) is 0 Å². The first-order chi connectivity index (χ1) is 6.78. The third-order valence-electron chi connectivity index (χ3n) is 1.28. The van der Waals surface area contributed by atoms with Gasteiger partial charge in [0.2, 0.25) is 0 Å². The van der Waals surface area contributed by atoms with Gasteiger partial charge >= 0.3 is 101 Å². The Morgan fingerprint density at radius 2 is 1.37 bits per heavy atom. The van der Waals surface area contributed by atoms with E-state index in [0.29, 0.717) is 0 Å². The molecule has 8 nitrogen and oxygen atoms in total. The predicted molar refractivity (Wildman–Crippen MR) is 39.4 cm³/mol. The van der Waals surface area contributed by atoms with Crippen LogP contribution in [0.25, 0.3) is 0 Å². The van der Waals surface area contributed by atoms with Gasteiger partial charge in [0.05, 0.1) is 6.42 Å². The van der Waals surface area contributed by atoms with Gasteiger partial charge in [-0.05, 0) is 0 Å². The van der Waals surface area contributed by atoms with Gasteiger partial charge in [-0.2, -0.15) is 0 Å². The van der Waals surface area contributed by atoms with Crippen LogP contribution < -0.4 is 106 Å². The second-order valence-electron chi connectivity index (χ2n) is 2.46. The van der Waals surface area contributed by atoms with Crippen LogP contribution >= 0.6 is 0 Å². The van der Waals surface area contributed by atoms with Gasteiger partial charge in [-0.3, -0.25) is 4.79 Å². The molecule has 0 radical (unpaired) electrons. The molecule has 92 valence electrons. The molecular weight excluding hydrogens is 314 g/mol. The topological polar surface area (TPSA) is 159 Å². The van der Waals surface area contributed by atoms with E-state index in [0.717, 1.165) is 0 Å². The third-order valence-corrected chi connectivity index (χ3v) is 1.28. The molecule has 19 heavy (non-hydrogen) atoms. The molecule has 0 aromatic rings. The summed E-state index contributed by atoms with van der Waals surface area (Å²) in [5.74, 6) is -5.34. The molecule has 1 atom stereocenters. The van der Waals surface area contributed by atoms with Crippen LogP contribution in [0.5, 0.6) is 0 Å². The van der Waals surface area contributed by atoms with E-state index < -0.39 is 36.4 Å². The fourth-order valence-electron chi connectivity index (χ4n) is 0.703. The molecule has 0 amide bonds. The van der Waals surface area contributed by atoms with Gasteiger partial charge in [-0.25, -0.2) is 4.79 Å². The summed E-state index contributed by atoms with van der Waals surface area (Å²) in [6, 6.07) is 0. The smallest absolute Gasteiger partial charge is 1.00 e. The number of aliphatic hydroxyl groups is 1. The Morgan fingerprint density at radius 1 is 1.05 bits per heavy atom. The maximum atomic E-state index is 10.3. The zero-order chi connectivity index (χ0) is 12.6. The standard InChI is InChI=1S/C6H8O7.CN.ClH.3Na/c7-3(8)1-6(13,5(11)12)2-4(9)10;1-2;;;;/h13H,1-2H2,(H,7,8)(H,9,10)(H,11,12);;1H;;;/q;-1;;3*+1/p-2. The van der Waals surface area contributed by atoms with Crippen molar-refractivity contribution in [1.29, 1.82) is 5.26 Å². The van der Waals surface area contributed by atoms with Crippen molar-refractivity contribution < 1.29 is 136 Å². The molecule has 12 heteroatoms. The normalized spacial score (nSPS) is 10.1. The van der Waals surface area contributed by atoms with E-state index in [9.17, 15) is 19.5 Å². The minimum atomic E-state index is -2.80. The summed E-state index contributed by atoms with van der Waals surface area (Å²) >= 11 is 0. The van der Waals surface area contributed by atoms with E-state index in [1.807, 2.05) is 0 Å². The maximum absolute atomic E-state index is 10.3. The molecular formula is C7H7ClNNa3O7. The Balaban J connectivity index is -0.0000000669. The molecule has 3 N–H and O–H groups in total. The number of hydrogen-bond donors (Lipinski definition) is 3. The van der Waals surface area contributed by atoms with Gasteiger partial charge < -0.3 is 49.5 Å². The van der Waals surface area contributed by atoms with Crippen molar-refractivity contribution in [3.8, 4) is 0 Å². The van der Waals surface area contributed by atoms with E-state index >= 15 is 0 Å². The minimum Gasteiger partial charge on any atom is -1.00 e. The number of carboxylic acids is 3. The van der Waals surface area contributed by atoms with Crippen LogP contribution in [-0.2, 0) is 14.4 Å². The number of carbonyl (C=O) groups excluding carboxylic acids is 1. The summed E-state index contributed by atoms with van der Waals surface area (Å²) in [4.78, 5) is 30.3. The zero-order valence-corrected chi connectivity index (χ0v) is 17.5. The van der Waals surface area contributed by atoms with Crippen LogP contribution in [0.3, 0.4) is 0 Å².